The van der Waals surface area contributed by atoms with E-state index in [1.807, 2.05) is 55.5 Å². The normalized spacial score (nSPS) is 14.2. The number of nitrogens with zero attached hydrogens (tertiary/aromatic N) is 2. The molecule has 0 fully saturated rings. The number of halogens is 2. The fourth-order valence-electron chi connectivity index (χ4n) is 5.37. The summed E-state index contributed by atoms with van der Waals surface area (Å²) in [7, 11) is 0. The zero-order valence-electron chi connectivity index (χ0n) is 23.6. The summed E-state index contributed by atoms with van der Waals surface area (Å²) < 4.78 is 25.8. The number of amides is 1. The standard InChI is InChI=1S/C34H29ClFN3O4/c1-3-42-29-16-23(11-14-28(29)43-19-22-7-5-4-6-8-22)33-30-31(25-17-26(35)20(2)15-27(25)40)37-38-32(30)34(41)39(33)18-21-9-12-24(36)13-10-21/h4-17,33,40H,3,18-19H2,1-2H3,(H,37,38). The van der Waals surface area contributed by atoms with Crippen molar-refractivity contribution in [3.63, 3.8) is 0 Å². The fraction of sp³-hybridized carbons (Fsp3) is 0.176. The van der Waals surface area contributed by atoms with E-state index < -0.39 is 6.04 Å². The molecule has 218 valence electrons. The molecular weight excluding hydrogens is 569 g/mol. The van der Waals surface area contributed by atoms with Crippen LogP contribution in [-0.4, -0.2) is 32.7 Å². The minimum absolute atomic E-state index is 0.000881. The number of aromatic nitrogens is 2. The van der Waals surface area contributed by atoms with Gasteiger partial charge in [-0.25, -0.2) is 4.39 Å². The monoisotopic (exact) mass is 597 g/mol. The summed E-state index contributed by atoms with van der Waals surface area (Å²) in [6.07, 6.45) is 0. The second-order valence-corrected chi connectivity index (χ2v) is 10.8. The number of phenols is 1. The van der Waals surface area contributed by atoms with Gasteiger partial charge in [-0.3, -0.25) is 9.89 Å². The summed E-state index contributed by atoms with van der Waals surface area (Å²) >= 11 is 6.44. The van der Waals surface area contributed by atoms with Gasteiger partial charge in [0.25, 0.3) is 5.91 Å². The third-order valence-electron chi connectivity index (χ3n) is 7.48. The van der Waals surface area contributed by atoms with Crippen LogP contribution in [0.15, 0.2) is 84.9 Å². The first-order valence-corrected chi connectivity index (χ1v) is 14.3. The number of hydrogen-bond acceptors (Lipinski definition) is 5. The van der Waals surface area contributed by atoms with Crippen molar-refractivity contribution in [2.45, 2.75) is 33.0 Å². The number of benzene rings is 4. The van der Waals surface area contributed by atoms with Crippen LogP contribution in [-0.2, 0) is 13.2 Å². The van der Waals surface area contributed by atoms with Gasteiger partial charge in [0.2, 0.25) is 0 Å². The van der Waals surface area contributed by atoms with Gasteiger partial charge in [0.05, 0.1) is 12.6 Å². The van der Waals surface area contributed by atoms with Crippen LogP contribution in [0.5, 0.6) is 17.2 Å². The van der Waals surface area contributed by atoms with E-state index in [-0.39, 0.29) is 24.0 Å². The molecular formula is C34H29ClFN3O4. The third kappa shape index (κ3) is 5.53. The number of aromatic hydroxyl groups is 1. The summed E-state index contributed by atoms with van der Waals surface area (Å²) in [5, 5.41) is 18.7. The quantitative estimate of drug-likeness (QED) is 0.183. The molecule has 0 bridgehead atoms. The van der Waals surface area contributed by atoms with Crippen LogP contribution in [0.3, 0.4) is 0 Å². The lowest BCUT2D eigenvalue weighted by atomic mass is 9.94. The second kappa shape index (κ2) is 11.8. The maximum atomic E-state index is 13.9. The van der Waals surface area contributed by atoms with Gasteiger partial charge in [-0.2, -0.15) is 5.10 Å². The lowest BCUT2D eigenvalue weighted by Crippen LogP contribution is -2.29. The van der Waals surface area contributed by atoms with E-state index in [1.54, 1.807) is 36.1 Å². The van der Waals surface area contributed by atoms with Gasteiger partial charge in [-0.05, 0) is 72.5 Å². The van der Waals surface area contributed by atoms with E-state index in [0.717, 1.165) is 16.7 Å². The van der Waals surface area contributed by atoms with Gasteiger partial charge in [0.1, 0.15) is 29.6 Å². The van der Waals surface area contributed by atoms with E-state index in [9.17, 15) is 14.3 Å². The Hall–Kier alpha value is -4.82. The van der Waals surface area contributed by atoms with Crippen LogP contribution in [0, 0.1) is 12.7 Å². The molecule has 9 heteroatoms. The zero-order chi connectivity index (χ0) is 30.1. The van der Waals surface area contributed by atoms with Gasteiger partial charge in [0.15, 0.2) is 11.5 Å². The van der Waals surface area contributed by atoms with Crippen LogP contribution < -0.4 is 9.47 Å². The first kappa shape index (κ1) is 28.3. The molecule has 0 spiro atoms. The molecule has 1 aromatic heterocycles. The van der Waals surface area contributed by atoms with E-state index in [2.05, 4.69) is 10.2 Å². The van der Waals surface area contributed by atoms with Gasteiger partial charge in [-0.15, -0.1) is 0 Å². The van der Waals surface area contributed by atoms with Gasteiger partial charge in [-0.1, -0.05) is 60.1 Å². The van der Waals surface area contributed by atoms with Crippen molar-refractivity contribution in [1.29, 1.82) is 0 Å². The van der Waals surface area contributed by atoms with Gasteiger partial charge in [0, 0.05) is 22.7 Å². The molecule has 43 heavy (non-hydrogen) atoms. The number of rotatable bonds is 9. The molecule has 0 radical (unpaired) electrons. The van der Waals surface area contributed by atoms with Crippen molar-refractivity contribution < 1.29 is 23.8 Å². The Bertz CT molecular complexity index is 1790. The molecule has 5 aromatic rings. The van der Waals surface area contributed by atoms with Crippen LogP contribution in [0.2, 0.25) is 5.02 Å². The minimum atomic E-state index is -0.608. The lowest BCUT2D eigenvalue weighted by molar-refractivity contribution is 0.0729. The van der Waals surface area contributed by atoms with Crippen molar-refractivity contribution in [2.75, 3.05) is 6.61 Å². The molecule has 0 saturated carbocycles. The summed E-state index contributed by atoms with van der Waals surface area (Å²) in [4.78, 5) is 15.6. The van der Waals surface area contributed by atoms with Crippen molar-refractivity contribution in [3.05, 3.63) is 129 Å². The highest BCUT2D eigenvalue weighted by Crippen LogP contribution is 2.47. The van der Waals surface area contributed by atoms with Crippen molar-refractivity contribution in [3.8, 4) is 28.5 Å². The zero-order valence-corrected chi connectivity index (χ0v) is 24.4. The second-order valence-electron chi connectivity index (χ2n) is 10.4. The van der Waals surface area contributed by atoms with Crippen molar-refractivity contribution in [1.82, 2.24) is 15.1 Å². The maximum absolute atomic E-state index is 13.9. The summed E-state index contributed by atoms with van der Waals surface area (Å²) in [5.41, 5.74) is 4.97. The van der Waals surface area contributed by atoms with Crippen LogP contribution in [0.25, 0.3) is 11.3 Å². The highest BCUT2D eigenvalue weighted by molar-refractivity contribution is 6.31. The van der Waals surface area contributed by atoms with Crippen molar-refractivity contribution in [2.24, 2.45) is 0 Å². The minimum Gasteiger partial charge on any atom is -0.507 e. The first-order chi connectivity index (χ1) is 20.8. The number of ether oxygens (including phenoxy) is 2. The smallest absolute Gasteiger partial charge is 0.273 e. The molecule has 0 aliphatic carbocycles. The van der Waals surface area contributed by atoms with Gasteiger partial charge >= 0.3 is 0 Å². The SMILES string of the molecule is CCOc1cc(C2c3c(-c4cc(Cl)c(C)cc4O)n[nH]c3C(=O)N2Cc2ccc(F)cc2)ccc1OCc1ccccc1. The molecule has 1 aliphatic heterocycles. The number of carbonyl (C=O) groups is 1. The lowest BCUT2D eigenvalue weighted by Gasteiger charge is -2.27. The molecule has 1 amide bonds. The Balaban J connectivity index is 1.45. The van der Waals surface area contributed by atoms with Crippen molar-refractivity contribution >= 4 is 17.5 Å². The highest BCUT2D eigenvalue weighted by Gasteiger charge is 2.43. The van der Waals surface area contributed by atoms with E-state index in [0.29, 0.717) is 57.8 Å². The maximum Gasteiger partial charge on any atom is 0.273 e. The Morgan fingerprint density at radius 2 is 1.74 bits per heavy atom. The first-order valence-electron chi connectivity index (χ1n) is 13.9. The van der Waals surface area contributed by atoms with Gasteiger partial charge < -0.3 is 19.5 Å². The van der Waals surface area contributed by atoms with E-state index in [1.165, 1.54) is 12.1 Å². The Morgan fingerprint density at radius 1 is 0.977 bits per heavy atom. The summed E-state index contributed by atoms with van der Waals surface area (Å²) in [6, 6.07) is 24.1. The Labute approximate surface area is 253 Å². The number of aromatic amines is 1. The number of phenolic OH excluding ortho intramolecular Hbond substituents is 1. The average molecular weight is 598 g/mol. The highest BCUT2D eigenvalue weighted by atomic mass is 35.5. The van der Waals surface area contributed by atoms with Crippen LogP contribution in [0.4, 0.5) is 4.39 Å². The topological polar surface area (TPSA) is 87.7 Å². The molecule has 0 saturated heterocycles. The molecule has 2 N–H and O–H groups in total. The predicted octanol–water partition coefficient (Wildman–Crippen LogP) is 7.61. The number of fused-ring (bicyclic) bond motifs is 1. The largest absolute Gasteiger partial charge is 0.507 e. The molecule has 4 aromatic carbocycles. The van der Waals surface area contributed by atoms with E-state index >= 15 is 0 Å². The molecule has 7 nitrogen and oxygen atoms in total. The molecule has 1 atom stereocenters. The number of aryl methyl sites for hydroxylation is 1. The number of hydrogen-bond donors (Lipinski definition) is 2. The average Bonchev–Trinajstić information content (AvgIpc) is 3.54. The number of H-pyrrole nitrogens is 1. The van der Waals surface area contributed by atoms with E-state index in [4.69, 9.17) is 21.1 Å². The molecule has 2 heterocycles. The Morgan fingerprint density at radius 3 is 2.49 bits per heavy atom. The summed E-state index contributed by atoms with van der Waals surface area (Å²) in [5.74, 6) is 0.468. The predicted molar refractivity (Wildman–Crippen MR) is 162 cm³/mol. The molecule has 1 unspecified atom stereocenters. The number of nitrogens with one attached hydrogen (secondary N) is 1. The third-order valence-corrected chi connectivity index (χ3v) is 7.89. The van der Waals surface area contributed by atoms with Crippen LogP contribution >= 0.6 is 11.6 Å². The molecule has 6 rings (SSSR count). The van der Waals surface area contributed by atoms with Crippen LogP contribution in [0.1, 0.15) is 51.3 Å². The summed E-state index contributed by atoms with van der Waals surface area (Å²) in [6.45, 7) is 4.68. The molecule has 1 aliphatic rings. The Kier molecular flexibility index (Phi) is 7.78. The fourth-order valence-corrected chi connectivity index (χ4v) is 5.54. The number of carbonyl (C=O) groups excluding carboxylic acids is 1.